The van der Waals surface area contributed by atoms with Crippen LogP contribution in [0.4, 0.5) is 5.69 Å². The van der Waals surface area contributed by atoms with Gasteiger partial charge in [-0.05, 0) is 71.9 Å². The molecule has 0 atom stereocenters. The average molecular weight is 518 g/mol. The Balaban J connectivity index is 1.96. The summed E-state index contributed by atoms with van der Waals surface area (Å²) in [6.45, 7) is 2.13. The largest absolute Gasteiger partial charge is 0.375 e. The zero-order chi connectivity index (χ0) is 17.5. The van der Waals surface area contributed by atoms with Crippen LogP contribution in [0.1, 0.15) is 18.9 Å². The Hall–Kier alpha value is -1.18. The molecule has 0 aliphatic rings. The molecule has 0 spiro atoms. The number of nitrogens with zero attached hydrogens (tertiary/aromatic N) is 1. The van der Waals surface area contributed by atoms with Gasteiger partial charge in [0.25, 0.3) is 5.91 Å². The molecular formula is C17H16Br3N3O. The number of carbonyl (C=O) groups excluding carboxylic acids is 1. The molecule has 0 radical (unpaired) electrons. The molecule has 24 heavy (non-hydrogen) atoms. The quantitative estimate of drug-likeness (QED) is 0.310. The van der Waals surface area contributed by atoms with Crippen LogP contribution in [0.3, 0.4) is 0 Å². The van der Waals surface area contributed by atoms with E-state index >= 15 is 0 Å². The zero-order valence-corrected chi connectivity index (χ0v) is 17.7. The molecule has 2 rings (SSSR count). The summed E-state index contributed by atoms with van der Waals surface area (Å²) in [5.41, 5.74) is 5.27. The summed E-state index contributed by atoms with van der Waals surface area (Å²) in [7, 11) is 0. The summed E-state index contributed by atoms with van der Waals surface area (Å²) in [4.78, 5) is 12.0. The fraction of sp³-hybridized carbons (Fsp3) is 0.176. The summed E-state index contributed by atoms with van der Waals surface area (Å²) in [5.74, 6) is -0.206. The van der Waals surface area contributed by atoms with Crippen LogP contribution in [0, 0.1) is 0 Å². The van der Waals surface area contributed by atoms with Gasteiger partial charge in [-0.2, -0.15) is 5.10 Å². The molecule has 0 saturated heterocycles. The van der Waals surface area contributed by atoms with Gasteiger partial charge in [0.2, 0.25) is 0 Å². The minimum atomic E-state index is -0.206. The van der Waals surface area contributed by atoms with E-state index in [1.165, 1.54) is 0 Å². The lowest BCUT2D eigenvalue weighted by Gasteiger charge is -2.10. The van der Waals surface area contributed by atoms with Crippen LogP contribution in [0.2, 0.25) is 0 Å². The topological polar surface area (TPSA) is 53.5 Å². The van der Waals surface area contributed by atoms with Crippen molar-refractivity contribution in [1.29, 1.82) is 0 Å². The van der Waals surface area contributed by atoms with Crippen molar-refractivity contribution in [3.05, 3.63) is 61.4 Å². The zero-order valence-electron chi connectivity index (χ0n) is 12.9. The highest BCUT2D eigenvalue weighted by Crippen LogP contribution is 2.32. The Morgan fingerprint density at radius 1 is 1.04 bits per heavy atom. The van der Waals surface area contributed by atoms with Crippen LogP contribution in [-0.4, -0.2) is 18.2 Å². The number of halogens is 3. The highest BCUT2D eigenvalue weighted by molar-refractivity contribution is 9.13. The Kier molecular flexibility index (Phi) is 7.45. The lowest BCUT2D eigenvalue weighted by Crippen LogP contribution is -2.27. The molecule has 0 bridgehead atoms. The van der Waals surface area contributed by atoms with E-state index in [0.29, 0.717) is 0 Å². The summed E-state index contributed by atoms with van der Waals surface area (Å²) in [6.07, 6.45) is 0.739. The predicted octanol–water partition coefficient (Wildman–Crippen LogP) is 5.32. The minimum absolute atomic E-state index is 0.127. The van der Waals surface area contributed by atoms with Gasteiger partial charge in [0.15, 0.2) is 0 Å². The second-order valence-electron chi connectivity index (χ2n) is 4.91. The van der Waals surface area contributed by atoms with Crippen LogP contribution in [-0.2, 0) is 4.79 Å². The second-order valence-corrected chi connectivity index (χ2v) is 7.48. The molecule has 4 nitrogen and oxygen atoms in total. The smallest absolute Gasteiger partial charge is 0.259 e. The maximum absolute atomic E-state index is 12.0. The number of carbonyl (C=O) groups is 1. The van der Waals surface area contributed by atoms with Gasteiger partial charge in [0.05, 0.1) is 17.9 Å². The maximum Gasteiger partial charge on any atom is 0.259 e. The Morgan fingerprint density at radius 2 is 1.71 bits per heavy atom. The third kappa shape index (κ3) is 5.43. The van der Waals surface area contributed by atoms with Gasteiger partial charge >= 0.3 is 0 Å². The van der Waals surface area contributed by atoms with Gasteiger partial charge in [-0.15, -0.1) is 0 Å². The third-order valence-corrected chi connectivity index (χ3v) is 5.71. The van der Waals surface area contributed by atoms with Gasteiger partial charge < -0.3 is 5.32 Å². The molecule has 0 heterocycles. The molecule has 126 valence electrons. The van der Waals surface area contributed by atoms with Crippen molar-refractivity contribution < 1.29 is 4.79 Å². The number of benzene rings is 2. The van der Waals surface area contributed by atoms with Gasteiger partial charge in [-0.3, -0.25) is 4.79 Å². The summed E-state index contributed by atoms with van der Waals surface area (Å²) >= 11 is 10.3. The third-order valence-electron chi connectivity index (χ3n) is 3.21. The normalized spacial score (nSPS) is 11.2. The molecule has 2 N–H and O–H groups in total. The van der Waals surface area contributed by atoms with E-state index in [2.05, 4.69) is 63.6 Å². The number of hydrogen-bond donors (Lipinski definition) is 2. The van der Waals surface area contributed by atoms with Crippen LogP contribution in [0.15, 0.2) is 61.0 Å². The number of nitrogens with one attached hydrogen (secondary N) is 2. The number of anilines is 1. The number of hydrogen-bond acceptors (Lipinski definition) is 3. The van der Waals surface area contributed by atoms with Crippen molar-refractivity contribution in [2.24, 2.45) is 5.10 Å². The number of hydrazone groups is 1. The van der Waals surface area contributed by atoms with Crippen molar-refractivity contribution in [3.8, 4) is 0 Å². The maximum atomic E-state index is 12.0. The highest BCUT2D eigenvalue weighted by atomic mass is 79.9. The monoisotopic (exact) mass is 515 g/mol. The summed E-state index contributed by atoms with van der Waals surface area (Å²) < 4.78 is 2.71. The minimum Gasteiger partial charge on any atom is -0.375 e. The fourth-order valence-electron chi connectivity index (χ4n) is 1.98. The van der Waals surface area contributed by atoms with E-state index < -0.39 is 0 Å². The van der Waals surface area contributed by atoms with Crippen molar-refractivity contribution in [2.75, 3.05) is 11.9 Å². The molecule has 1 amide bonds. The van der Waals surface area contributed by atoms with Crippen molar-refractivity contribution >= 4 is 65.1 Å². The van der Waals surface area contributed by atoms with Gasteiger partial charge in [0.1, 0.15) is 0 Å². The van der Waals surface area contributed by atoms with E-state index in [0.717, 1.165) is 36.8 Å². The molecule has 2 aromatic rings. The lowest BCUT2D eigenvalue weighted by molar-refractivity contribution is -0.119. The molecular weight excluding hydrogens is 502 g/mol. The molecule has 0 unspecified atom stereocenters. The average Bonchev–Trinajstić information content (AvgIpc) is 2.58. The van der Waals surface area contributed by atoms with E-state index in [1.807, 2.05) is 49.4 Å². The first-order chi connectivity index (χ1) is 11.5. The first kappa shape index (κ1) is 19.1. The molecule has 0 aliphatic carbocycles. The molecule has 7 heteroatoms. The highest BCUT2D eigenvalue weighted by Gasteiger charge is 2.07. The van der Waals surface area contributed by atoms with Crippen LogP contribution >= 0.6 is 47.8 Å². The van der Waals surface area contributed by atoms with Gasteiger partial charge in [-0.1, -0.05) is 37.3 Å². The Morgan fingerprint density at radius 3 is 2.38 bits per heavy atom. The molecule has 0 aliphatic heterocycles. The van der Waals surface area contributed by atoms with Crippen molar-refractivity contribution in [1.82, 2.24) is 5.43 Å². The van der Waals surface area contributed by atoms with Crippen LogP contribution in [0.25, 0.3) is 0 Å². The van der Waals surface area contributed by atoms with Gasteiger partial charge in [-0.25, -0.2) is 5.43 Å². The summed E-state index contributed by atoms with van der Waals surface area (Å²) in [6, 6.07) is 13.6. The van der Waals surface area contributed by atoms with E-state index in [1.54, 1.807) is 0 Å². The fourth-order valence-corrected chi connectivity index (χ4v) is 3.46. The standard InChI is InChI=1S/C17H16Br3N3O/c1-2-15(11-6-4-3-5-7-11)22-23-17(24)10-21-16-9-13(19)12(18)8-14(16)20/h3-9,21H,2,10H2,1H3,(H,23,24)/b22-15-. The Labute approximate surface area is 166 Å². The van der Waals surface area contributed by atoms with E-state index in [-0.39, 0.29) is 12.5 Å². The molecule has 2 aromatic carbocycles. The van der Waals surface area contributed by atoms with Gasteiger partial charge in [0, 0.05) is 13.4 Å². The first-order valence-corrected chi connectivity index (χ1v) is 9.68. The van der Waals surface area contributed by atoms with Crippen LogP contribution < -0.4 is 10.7 Å². The second kappa shape index (κ2) is 9.34. The van der Waals surface area contributed by atoms with E-state index in [9.17, 15) is 4.79 Å². The predicted molar refractivity (Wildman–Crippen MR) is 109 cm³/mol. The molecule has 0 fully saturated rings. The van der Waals surface area contributed by atoms with Crippen LogP contribution in [0.5, 0.6) is 0 Å². The van der Waals surface area contributed by atoms with E-state index in [4.69, 9.17) is 0 Å². The van der Waals surface area contributed by atoms with Crippen molar-refractivity contribution in [2.45, 2.75) is 13.3 Å². The number of amides is 1. The molecule has 0 saturated carbocycles. The first-order valence-electron chi connectivity index (χ1n) is 7.30. The SMILES string of the molecule is CC/C(=N/NC(=O)CNc1cc(Br)c(Br)cc1Br)c1ccccc1. The lowest BCUT2D eigenvalue weighted by atomic mass is 10.1. The summed E-state index contributed by atoms with van der Waals surface area (Å²) in [5, 5.41) is 7.31. The number of rotatable bonds is 6. The van der Waals surface area contributed by atoms with Crippen molar-refractivity contribution in [3.63, 3.8) is 0 Å². The molecule has 0 aromatic heterocycles. The Bertz CT molecular complexity index is 748.